The summed E-state index contributed by atoms with van der Waals surface area (Å²) in [5, 5.41) is 0. The third-order valence-corrected chi connectivity index (χ3v) is 1.08. The van der Waals surface area contributed by atoms with Crippen molar-refractivity contribution in [2.45, 2.75) is 20.8 Å². The Morgan fingerprint density at radius 3 is 2.30 bits per heavy atom. The highest BCUT2D eigenvalue weighted by Gasteiger charge is 2.02. The van der Waals surface area contributed by atoms with Gasteiger partial charge in [0.15, 0.2) is 0 Å². The zero-order valence-corrected chi connectivity index (χ0v) is 7.20. The van der Waals surface area contributed by atoms with E-state index in [4.69, 9.17) is 0 Å². The molecular formula is C6H12NO2S-. The average Bonchev–Trinajstić information content (AvgIpc) is 1.59. The first-order chi connectivity index (χ1) is 4.42. The van der Waals surface area contributed by atoms with Crippen LogP contribution in [0.4, 0.5) is 0 Å². The molecule has 1 N–H and O–H groups in total. The Bertz CT molecular complexity index is 148. The molecule has 1 unspecified atom stereocenters. The van der Waals surface area contributed by atoms with Gasteiger partial charge in [-0.25, -0.2) is 0 Å². The van der Waals surface area contributed by atoms with Crippen LogP contribution in [-0.2, 0) is 11.3 Å². The largest absolute Gasteiger partial charge is 0.755 e. The van der Waals surface area contributed by atoms with Gasteiger partial charge in [0.05, 0.1) is 0 Å². The molecular weight excluding hydrogens is 150 g/mol. The lowest BCUT2D eigenvalue weighted by molar-refractivity contribution is 0.527. The molecule has 0 bridgehead atoms. The van der Waals surface area contributed by atoms with E-state index in [0.717, 1.165) is 0 Å². The molecule has 10 heavy (non-hydrogen) atoms. The molecule has 0 heterocycles. The van der Waals surface area contributed by atoms with E-state index in [-0.39, 0.29) is 5.41 Å². The summed E-state index contributed by atoms with van der Waals surface area (Å²) >= 11 is -2.19. The summed E-state index contributed by atoms with van der Waals surface area (Å²) in [5.74, 6) is 0. The fraction of sp³-hybridized carbons (Fsp3) is 0.667. The van der Waals surface area contributed by atoms with Gasteiger partial charge >= 0.3 is 0 Å². The highest BCUT2D eigenvalue weighted by Crippen LogP contribution is 2.13. The quantitative estimate of drug-likeness (QED) is 0.614. The van der Waals surface area contributed by atoms with Crippen molar-refractivity contribution in [1.82, 2.24) is 4.72 Å². The maximum atomic E-state index is 9.92. The van der Waals surface area contributed by atoms with E-state index in [2.05, 4.69) is 4.72 Å². The first-order valence-corrected chi connectivity index (χ1v) is 4.02. The number of hydrogen-bond acceptors (Lipinski definition) is 2. The summed E-state index contributed by atoms with van der Waals surface area (Å²) in [5.41, 5.74) is 0.0202. The number of hydrogen-bond donors (Lipinski definition) is 1. The van der Waals surface area contributed by atoms with Crippen LogP contribution in [0.5, 0.6) is 0 Å². The van der Waals surface area contributed by atoms with Crippen molar-refractivity contribution in [1.29, 1.82) is 0 Å². The van der Waals surface area contributed by atoms with Gasteiger partial charge in [-0.15, -0.1) is 0 Å². The van der Waals surface area contributed by atoms with Crippen LogP contribution >= 0.6 is 0 Å². The van der Waals surface area contributed by atoms with Gasteiger partial charge in [0.25, 0.3) is 0 Å². The zero-order valence-electron chi connectivity index (χ0n) is 6.38. The van der Waals surface area contributed by atoms with E-state index in [0.29, 0.717) is 0 Å². The van der Waals surface area contributed by atoms with Crippen LogP contribution in [0.3, 0.4) is 0 Å². The molecule has 0 fully saturated rings. The first-order valence-electron chi connectivity index (χ1n) is 2.95. The maximum absolute atomic E-state index is 9.92. The van der Waals surface area contributed by atoms with Gasteiger partial charge in [-0.3, -0.25) is 4.21 Å². The molecule has 0 aromatic heterocycles. The second-order valence-electron chi connectivity index (χ2n) is 3.05. The lowest BCUT2D eigenvalue weighted by atomic mass is 9.97. The van der Waals surface area contributed by atoms with Crippen molar-refractivity contribution >= 4 is 11.3 Å². The Hall–Kier alpha value is -0.350. The lowest BCUT2D eigenvalue weighted by Gasteiger charge is -2.11. The standard InChI is InChI=1S/C6H13NO2S/c1-6(2,3)4-5-7-10(8)9/h4-5,7H,1-3H3,(H,8,9)/p-1. The monoisotopic (exact) mass is 162 g/mol. The van der Waals surface area contributed by atoms with E-state index >= 15 is 0 Å². The Morgan fingerprint density at radius 1 is 1.50 bits per heavy atom. The third kappa shape index (κ3) is 7.65. The second-order valence-corrected chi connectivity index (χ2v) is 3.76. The van der Waals surface area contributed by atoms with E-state index in [1.54, 1.807) is 6.08 Å². The van der Waals surface area contributed by atoms with Gasteiger partial charge in [0.1, 0.15) is 0 Å². The summed E-state index contributed by atoms with van der Waals surface area (Å²) in [7, 11) is 0. The van der Waals surface area contributed by atoms with E-state index in [1.807, 2.05) is 20.8 Å². The summed E-state index contributed by atoms with van der Waals surface area (Å²) < 4.78 is 22.0. The van der Waals surface area contributed by atoms with Crippen molar-refractivity contribution in [2.24, 2.45) is 5.41 Å². The lowest BCUT2D eigenvalue weighted by Crippen LogP contribution is -2.10. The molecule has 0 saturated heterocycles. The highest BCUT2D eigenvalue weighted by atomic mass is 32.2. The molecule has 4 heteroatoms. The van der Waals surface area contributed by atoms with Crippen molar-refractivity contribution in [3.05, 3.63) is 12.3 Å². The second kappa shape index (κ2) is 3.73. The molecule has 0 aliphatic heterocycles. The molecule has 0 aliphatic carbocycles. The number of nitrogens with one attached hydrogen (secondary N) is 1. The van der Waals surface area contributed by atoms with E-state index in [1.165, 1.54) is 6.20 Å². The SMILES string of the molecule is CC(C)(C)C=CNS(=O)[O-]. The van der Waals surface area contributed by atoms with Crippen molar-refractivity contribution in [3.63, 3.8) is 0 Å². The van der Waals surface area contributed by atoms with Crippen LogP contribution in [0.2, 0.25) is 0 Å². The molecule has 3 nitrogen and oxygen atoms in total. The summed E-state index contributed by atoms with van der Waals surface area (Å²) in [4.78, 5) is 0. The Labute approximate surface area is 63.9 Å². The Kier molecular flexibility index (Phi) is 3.60. The van der Waals surface area contributed by atoms with Crippen molar-refractivity contribution < 1.29 is 8.76 Å². The minimum Gasteiger partial charge on any atom is -0.755 e. The van der Waals surface area contributed by atoms with Crippen LogP contribution in [0.25, 0.3) is 0 Å². The third-order valence-electron chi connectivity index (χ3n) is 0.748. The first kappa shape index (κ1) is 9.65. The Balaban J connectivity index is 3.67. The van der Waals surface area contributed by atoms with Crippen molar-refractivity contribution in [2.75, 3.05) is 0 Å². The molecule has 0 aromatic rings. The molecule has 0 saturated carbocycles. The van der Waals surface area contributed by atoms with Gasteiger partial charge in [-0.1, -0.05) is 26.8 Å². The Morgan fingerprint density at radius 2 is 2.00 bits per heavy atom. The summed E-state index contributed by atoms with van der Waals surface area (Å²) in [6, 6.07) is 0. The van der Waals surface area contributed by atoms with E-state index in [9.17, 15) is 8.76 Å². The van der Waals surface area contributed by atoms with Crippen LogP contribution in [0.1, 0.15) is 20.8 Å². The predicted molar refractivity (Wildman–Crippen MR) is 40.7 cm³/mol. The molecule has 0 amide bonds. The van der Waals surface area contributed by atoms with E-state index < -0.39 is 11.3 Å². The van der Waals surface area contributed by atoms with Gasteiger partial charge in [-0.05, 0) is 5.41 Å². The molecule has 1 atom stereocenters. The molecule has 60 valence electrons. The van der Waals surface area contributed by atoms with Crippen LogP contribution in [-0.4, -0.2) is 8.76 Å². The van der Waals surface area contributed by atoms with Crippen molar-refractivity contribution in [3.8, 4) is 0 Å². The molecule has 0 aliphatic rings. The average molecular weight is 162 g/mol. The maximum Gasteiger partial charge on any atom is 0.0442 e. The normalized spacial score (nSPS) is 15.6. The fourth-order valence-electron chi connectivity index (χ4n) is 0.340. The van der Waals surface area contributed by atoms with Gasteiger partial charge in [0, 0.05) is 17.5 Å². The van der Waals surface area contributed by atoms with Crippen LogP contribution < -0.4 is 4.72 Å². The summed E-state index contributed by atoms with van der Waals surface area (Å²) in [6.45, 7) is 5.96. The molecule has 0 rings (SSSR count). The molecule has 0 spiro atoms. The topological polar surface area (TPSA) is 52.2 Å². The van der Waals surface area contributed by atoms with Crippen LogP contribution in [0.15, 0.2) is 12.3 Å². The smallest absolute Gasteiger partial charge is 0.0442 e. The number of allylic oxidation sites excluding steroid dienone is 1. The minimum atomic E-state index is -2.19. The zero-order chi connectivity index (χ0) is 8.20. The van der Waals surface area contributed by atoms with Gasteiger partial charge in [-0.2, -0.15) is 0 Å². The van der Waals surface area contributed by atoms with Gasteiger partial charge in [0.2, 0.25) is 0 Å². The van der Waals surface area contributed by atoms with Gasteiger partial charge < -0.3 is 9.27 Å². The predicted octanol–water partition coefficient (Wildman–Crippen LogP) is 0.930. The minimum absolute atomic E-state index is 0.0202. The molecule has 0 aromatic carbocycles. The fourth-order valence-corrected chi connectivity index (χ4v) is 0.519. The highest BCUT2D eigenvalue weighted by molar-refractivity contribution is 7.77. The molecule has 0 radical (unpaired) electrons. The number of rotatable bonds is 2. The van der Waals surface area contributed by atoms with Crippen LogP contribution in [0, 0.1) is 5.41 Å². The summed E-state index contributed by atoms with van der Waals surface area (Å²) in [6.07, 6.45) is 3.20.